The van der Waals surface area contributed by atoms with Gasteiger partial charge in [-0.25, -0.2) is 8.78 Å². The number of aldehydes is 1. The van der Waals surface area contributed by atoms with Crippen LogP contribution in [0.5, 0.6) is 0 Å². The summed E-state index contributed by atoms with van der Waals surface area (Å²) in [5.41, 5.74) is 1.09. The topological polar surface area (TPSA) is 58.2 Å². The van der Waals surface area contributed by atoms with Gasteiger partial charge in [0.05, 0.1) is 6.42 Å². The molecule has 0 fully saturated rings. The predicted molar refractivity (Wildman–Crippen MR) is 114 cm³/mol. The predicted octanol–water partition coefficient (Wildman–Crippen LogP) is 5.54. The number of benzene rings is 1. The van der Waals surface area contributed by atoms with Gasteiger partial charge in [0.1, 0.15) is 6.29 Å². The molecular weight excluding hydrogens is 431 g/mol. The van der Waals surface area contributed by atoms with Crippen molar-refractivity contribution in [1.29, 1.82) is 0 Å². The van der Waals surface area contributed by atoms with Crippen LogP contribution in [0, 0.1) is 0 Å². The van der Waals surface area contributed by atoms with Crippen LogP contribution in [0.4, 0.5) is 33.3 Å². The number of allylic oxidation sites excluding steroid dienone is 3. The zero-order valence-electron chi connectivity index (χ0n) is 17.8. The van der Waals surface area contributed by atoms with Gasteiger partial charge in [-0.2, -0.15) is 13.2 Å². The van der Waals surface area contributed by atoms with Crippen LogP contribution in [-0.4, -0.2) is 31.3 Å². The molecule has 0 bridgehead atoms. The smallest absolute Gasteiger partial charge is 0.388 e. The van der Waals surface area contributed by atoms with Crippen molar-refractivity contribution in [2.24, 2.45) is 0 Å². The van der Waals surface area contributed by atoms with Crippen molar-refractivity contribution in [2.75, 3.05) is 17.7 Å². The van der Waals surface area contributed by atoms with Gasteiger partial charge in [0, 0.05) is 43.3 Å². The molecule has 1 aromatic carbocycles. The first kappa shape index (κ1) is 25.3. The van der Waals surface area contributed by atoms with Gasteiger partial charge in [0.25, 0.3) is 11.8 Å². The fraction of sp³-hybridized carbons (Fsp3) is 0.391. The van der Waals surface area contributed by atoms with Crippen molar-refractivity contribution < 1.29 is 31.5 Å². The maximum Gasteiger partial charge on any atom is 0.393 e. The molecule has 174 valence electrons. The fourth-order valence-corrected chi connectivity index (χ4v) is 3.83. The number of alkyl halides is 5. The molecule has 0 saturated carbocycles. The van der Waals surface area contributed by atoms with E-state index in [1.807, 2.05) is 0 Å². The summed E-state index contributed by atoms with van der Waals surface area (Å²) in [6.45, 7) is 4.91. The summed E-state index contributed by atoms with van der Waals surface area (Å²) in [6.07, 6.45) is -2.38. The zero-order valence-corrected chi connectivity index (χ0v) is 17.8. The van der Waals surface area contributed by atoms with Gasteiger partial charge in [-0.1, -0.05) is 24.8 Å². The molecule has 1 aromatic rings. The summed E-state index contributed by atoms with van der Waals surface area (Å²) in [4.78, 5) is 23.8. The molecule has 0 saturated heterocycles. The molecule has 0 aromatic heterocycles. The number of anilines is 2. The van der Waals surface area contributed by atoms with Crippen molar-refractivity contribution in [1.82, 2.24) is 0 Å². The molecule has 2 rings (SSSR count). The Hall–Kier alpha value is -2.97. The van der Waals surface area contributed by atoms with Crippen molar-refractivity contribution in [3.8, 4) is 0 Å². The summed E-state index contributed by atoms with van der Waals surface area (Å²) >= 11 is 0. The number of aryl methyl sites for hydroxylation is 1. The molecule has 0 radical (unpaired) electrons. The normalized spacial score (nSPS) is 15.8. The molecule has 0 unspecified atom stereocenters. The fourth-order valence-electron chi connectivity index (χ4n) is 3.83. The van der Waals surface area contributed by atoms with E-state index in [1.165, 1.54) is 18.2 Å². The van der Waals surface area contributed by atoms with Gasteiger partial charge in [0.2, 0.25) is 0 Å². The Morgan fingerprint density at radius 1 is 1.25 bits per heavy atom. The molecule has 2 N–H and O–H groups in total. The van der Waals surface area contributed by atoms with E-state index >= 15 is 0 Å². The largest absolute Gasteiger partial charge is 0.393 e. The monoisotopic (exact) mass is 456 g/mol. The number of fused-ring (bicyclic) bond motifs is 1. The zero-order chi connectivity index (χ0) is 24.1. The molecule has 1 amide bonds. The first-order valence-electron chi connectivity index (χ1n) is 9.99. The van der Waals surface area contributed by atoms with Crippen LogP contribution in [0.1, 0.15) is 36.5 Å². The maximum atomic E-state index is 14.2. The van der Waals surface area contributed by atoms with Crippen molar-refractivity contribution in [3.05, 3.63) is 58.7 Å². The quantitative estimate of drug-likeness (QED) is 0.222. The number of rotatable bonds is 9. The molecular formula is C23H25F5N2O2. The third-order valence-corrected chi connectivity index (χ3v) is 5.09. The second kappa shape index (κ2) is 10.1. The number of carbonyl (C=O) groups is 2. The van der Waals surface area contributed by atoms with Gasteiger partial charge in [-0.05, 0) is 41.7 Å². The number of halogens is 5. The summed E-state index contributed by atoms with van der Waals surface area (Å²) in [5.74, 6) is -3.89. The first-order chi connectivity index (χ1) is 15.0. The summed E-state index contributed by atoms with van der Waals surface area (Å²) in [7, 11) is 1.58. The lowest BCUT2D eigenvalue weighted by Gasteiger charge is -2.19. The van der Waals surface area contributed by atoms with Gasteiger partial charge < -0.3 is 15.4 Å². The van der Waals surface area contributed by atoms with Gasteiger partial charge in [0.15, 0.2) is 0 Å². The Morgan fingerprint density at radius 3 is 2.44 bits per heavy atom. The van der Waals surface area contributed by atoms with Crippen LogP contribution in [0.25, 0.3) is 0 Å². The van der Waals surface area contributed by atoms with E-state index in [-0.39, 0.29) is 35.2 Å². The van der Waals surface area contributed by atoms with Crippen LogP contribution >= 0.6 is 0 Å². The van der Waals surface area contributed by atoms with E-state index in [1.54, 1.807) is 14.0 Å². The molecule has 9 heteroatoms. The SMILES string of the molecule is C=C/C(CC(F)(F)F)=C(\C=C/C)C(=O)Nc1cc(CCC=O)c(NC)c2c1CC(F)(F)C2. The summed E-state index contributed by atoms with van der Waals surface area (Å²) in [6, 6.07) is 1.50. The number of nitrogens with one attached hydrogen (secondary N) is 2. The Balaban J connectivity index is 2.57. The highest BCUT2D eigenvalue weighted by molar-refractivity contribution is 6.07. The van der Waals surface area contributed by atoms with E-state index in [4.69, 9.17) is 0 Å². The minimum atomic E-state index is -4.56. The Bertz CT molecular complexity index is 962. The van der Waals surface area contributed by atoms with E-state index in [0.29, 0.717) is 23.1 Å². The number of hydrogen-bond donors (Lipinski definition) is 2. The summed E-state index contributed by atoms with van der Waals surface area (Å²) < 4.78 is 67.3. The minimum Gasteiger partial charge on any atom is -0.388 e. The highest BCUT2D eigenvalue weighted by Crippen LogP contribution is 2.44. The second-order valence-corrected chi connectivity index (χ2v) is 7.47. The molecule has 0 atom stereocenters. The Labute approximate surface area is 183 Å². The molecule has 0 heterocycles. The number of amides is 1. The van der Waals surface area contributed by atoms with Gasteiger partial charge in [-0.3, -0.25) is 4.79 Å². The van der Waals surface area contributed by atoms with Crippen LogP contribution in [0.15, 0.2) is 42.0 Å². The lowest BCUT2D eigenvalue weighted by molar-refractivity contribution is -0.126. The van der Waals surface area contributed by atoms with E-state index in [0.717, 1.165) is 6.08 Å². The van der Waals surface area contributed by atoms with Crippen molar-refractivity contribution in [2.45, 2.75) is 51.1 Å². The summed E-state index contributed by atoms with van der Waals surface area (Å²) in [5, 5.41) is 5.42. The van der Waals surface area contributed by atoms with Crippen molar-refractivity contribution in [3.63, 3.8) is 0 Å². The van der Waals surface area contributed by atoms with E-state index in [2.05, 4.69) is 17.2 Å². The second-order valence-electron chi connectivity index (χ2n) is 7.47. The molecule has 1 aliphatic rings. The lowest BCUT2D eigenvalue weighted by Crippen LogP contribution is -2.19. The average Bonchev–Trinajstić information content (AvgIpc) is 3.03. The van der Waals surface area contributed by atoms with Crippen LogP contribution in [0.3, 0.4) is 0 Å². The lowest BCUT2D eigenvalue weighted by atomic mass is 9.97. The molecule has 0 aliphatic heterocycles. The molecule has 32 heavy (non-hydrogen) atoms. The third-order valence-electron chi connectivity index (χ3n) is 5.09. The van der Waals surface area contributed by atoms with Crippen LogP contribution in [-0.2, 0) is 28.9 Å². The molecule has 0 spiro atoms. The molecule has 1 aliphatic carbocycles. The first-order valence-corrected chi connectivity index (χ1v) is 9.99. The third kappa shape index (κ3) is 6.05. The van der Waals surface area contributed by atoms with Gasteiger partial charge >= 0.3 is 6.18 Å². The standard InChI is InChI=1S/C23H25F5N2O2/c1-4-7-16(14(5-2)11-23(26,27)28)21(32)30-19-10-15(8-6-9-31)20(29-3)18-13-22(24,25)12-17(18)19/h4-5,7,9-10,29H,2,6,8,11-13H2,1,3H3,(H,30,32)/b7-4-,16-14-. The van der Waals surface area contributed by atoms with Crippen LogP contribution < -0.4 is 10.6 Å². The minimum absolute atomic E-state index is 0.0968. The van der Waals surface area contributed by atoms with Crippen LogP contribution in [0.2, 0.25) is 0 Å². The van der Waals surface area contributed by atoms with Crippen molar-refractivity contribution >= 4 is 23.6 Å². The number of carbonyl (C=O) groups excluding carboxylic acids is 2. The highest BCUT2D eigenvalue weighted by atomic mass is 19.4. The highest BCUT2D eigenvalue weighted by Gasteiger charge is 2.41. The van der Waals surface area contributed by atoms with Gasteiger partial charge in [-0.15, -0.1) is 0 Å². The Kier molecular flexibility index (Phi) is 7.98. The Morgan fingerprint density at radius 2 is 1.91 bits per heavy atom. The molecule has 4 nitrogen and oxygen atoms in total. The van der Waals surface area contributed by atoms with E-state index in [9.17, 15) is 31.5 Å². The maximum absolute atomic E-state index is 14.2. The van der Waals surface area contributed by atoms with E-state index < -0.39 is 37.3 Å². The average molecular weight is 456 g/mol. The number of hydrogen-bond acceptors (Lipinski definition) is 3.